The van der Waals surface area contributed by atoms with Crippen molar-refractivity contribution in [2.24, 2.45) is 0 Å². The molecular weight excluding hydrogens is 268 g/mol. The Morgan fingerprint density at radius 3 is 2.79 bits per heavy atom. The van der Waals surface area contributed by atoms with Crippen LogP contribution in [0.3, 0.4) is 0 Å². The van der Waals surface area contributed by atoms with Crippen LogP contribution in [0.15, 0.2) is 35.3 Å². The second-order valence-corrected chi connectivity index (χ2v) is 4.17. The first kappa shape index (κ1) is 12.9. The number of nitrogens with one attached hydrogen (secondary N) is 1. The molecule has 0 unspecified atom stereocenters. The van der Waals surface area contributed by atoms with Gasteiger partial charge in [-0.25, -0.2) is 0 Å². The third-order valence-corrected chi connectivity index (χ3v) is 2.72. The Hall–Kier alpha value is -2.58. The number of nitriles is 1. The Morgan fingerprint density at radius 1 is 1.37 bits per heavy atom. The molecule has 19 heavy (non-hydrogen) atoms. The van der Waals surface area contributed by atoms with Gasteiger partial charge in [-0.15, -0.1) is 0 Å². The van der Waals surface area contributed by atoms with E-state index < -0.39 is 11.3 Å². The lowest BCUT2D eigenvalue weighted by Gasteiger charge is -2.04. The Bertz CT molecular complexity index is 759. The van der Waals surface area contributed by atoms with Gasteiger partial charge in [0.25, 0.3) is 5.56 Å². The van der Waals surface area contributed by atoms with Crippen molar-refractivity contribution < 1.29 is 9.90 Å². The summed E-state index contributed by atoms with van der Waals surface area (Å²) in [6.07, 6.45) is 1.19. The maximum atomic E-state index is 12.1. The van der Waals surface area contributed by atoms with Gasteiger partial charge in [0.2, 0.25) is 0 Å². The maximum Gasteiger partial charge on any atom is 0.265 e. The lowest BCUT2D eigenvalue weighted by molar-refractivity contribution is 0.103. The molecule has 0 saturated carbocycles. The number of halogens is 1. The van der Waals surface area contributed by atoms with Gasteiger partial charge in [0.15, 0.2) is 5.78 Å². The molecule has 2 N–H and O–H groups in total. The van der Waals surface area contributed by atoms with Crippen molar-refractivity contribution in [2.45, 2.75) is 0 Å². The monoisotopic (exact) mass is 274 g/mol. The van der Waals surface area contributed by atoms with Crippen molar-refractivity contribution in [3.05, 3.63) is 62.5 Å². The van der Waals surface area contributed by atoms with Crippen molar-refractivity contribution in [3.8, 4) is 11.8 Å². The predicted octanol–water partition coefficient (Wildman–Crippen LogP) is 1.84. The van der Waals surface area contributed by atoms with Crippen molar-refractivity contribution in [2.75, 3.05) is 0 Å². The number of hydrogen-bond acceptors (Lipinski definition) is 4. The molecule has 2 rings (SSSR count). The number of benzene rings is 1. The van der Waals surface area contributed by atoms with E-state index in [4.69, 9.17) is 16.9 Å². The number of aromatic nitrogens is 1. The largest absolute Gasteiger partial charge is 0.507 e. The minimum atomic E-state index is -0.575. The second-order valence-electron chi connectivity index (χ2n) is 3.73. The molecule has 5 nitrogen and oxygen atoms in total. The number of aromatic amines is 1. The summed E-state index contributed by atoms with van der Waals surface area (Å²) in [5, 5.41) is 18.7. The third-order valence-electron chi connectivity index (χ3n) is 2.49. The predicted molar refractivity (Wildman–Crippen MR) is 68.3 cm³/mol. The molecule has 2 aromatic rings. The maximum absolute atomic E-state index is 12.1. The summed E-state index contributed by atoms with van der Waals surface area (Å²) in [5.74, 6) is -0.758. The van der Waals surface area contributed by atoms with Crippen LogP contribution in [-0.2, 0) is 0 Å². The number of phenolic OH excluding ortho intramolecular Hbond substituents is 1. The topological polar surface area (TPSA) is 93.9 Å². The lowest BCUT2D eigenvalue weighted by atomic mass is 10.0. The van der Waals surface area contributed by atoms with E-state index in [1.807, 2.05) is 0 Å². The van der Waals surface area contributed by atoms with E-state index in [9.17, 15) is 14.7 Å². The molecule has 1 aromatic carbocycles. The molecule has 6 heteroatoms. The van der Waals surface area contributed by atoms with Crippen LogP contribution in [0, 0.1) is 11.3 Å². The fraction of sp³-hybridized carbons (Fsp3) is 0. The molecule has 0 atom stereocenters. The zero-order chi connectivity index (χ0) is 14.0. The number of pyridine rings is 1. The molecule has 0 saturated heterocycles. The standard InChI is InChI=1S/C13H7ClN2O3/c14-9-1-2-11(17)10(4-9)12(18)8-3-7(5-15)13(19)16-6-8/h1-4,6,17H,(H,16,19). The average Bonchev–Trinajstić information content (AvgIpc) is 2.41. The fourth-order valence-electron chi connectivity index (χ4n) is 1.54. The third kappa shape index (κ3) is 2.49. The number of hydrogen-bond donors (Lipinski definition) is 2. The highest BCUT2D eigenvalue weighted by molar-refractivity contribution is 6.31. The summed E-state index contributed by atoms with van der Waals surface area (Å²) >= 11 is 5.76. The van der Waals surface area contributed by atoms with Crippen LogP contribution < -0.4 is 5.56 Å². The van der Waals surface area contributed by atoms with Gasteiger partial charge in [-0.2, -0.15) is 5.26 Å². The fourth-order valence-corrected chi connectivity index (χ4v) is 1.72. The first-order valence-corrected chi connectivity index (χ1v) is 5.57. The number of carbonyl (C=O) groups is 1. The normalized spacial score (nSPS) is 9.89. The number of aromatic hydroxyl groups is 1. The van der Waals surface area contributed by atoms with Crippen LogP contribution in [-0.4, -0.2) is 15.9 Å². The second kappa shape index (κ2) is 4.96. The Labute approximate surface area is 112 Å². The molecule has 0 spiro atoms. The first-order chi connectivity index (χ1) is 9.02. The van der Waals surface area contributed by atoms with E-state index in [0.717, 1.165) is 0 Å². The Morgan fingerprint density at radius 2 is 2.11 bits per heavy atom. The highest BCUT2D eigenvalue weighted by Crippen LogP contribution is 2.23. The molecule has 0 aliphatic carbocycles. The van der Waals surface area contributed by atoms with Gasteiger partial charge >= 0.3 is 0 Å². The van der Waals surface area contributed by atoms with Crippen LogP contribution in [0.4, 0.5) is 0 Å². The summed E-state index contributed by atoms with van der Waals surface area (Å²) < 4.78 is 0. The molecule has 1 aromatic heterocycles. The summed E-state index contributed by atoms with van der Waals surface area (Å²) in [7, 11) is 0. The van der Waals surface area contributed by atoms with Crippen LogP contribution in [0.25, 0.3) is 0 Å². The molecule has 1 heterocycles. The van der Waals surface area contributed by atoms with E-state index in [0.29, 0.717) is 5.02 Å². The number of rotatable bonds is 2. The van der Waals surface area contributed by atoms with Gasteiger partial charge in [0.1, 0.15) is 17.4 Å². The van der Waals surface area contributed by atoms with Crippen molar-refractivity contribution in [1.82, 2.24) is 4.98 Å². The first-order valence-electron chi connectivity index (χ1n) is 5.19. The molecule has 0 amide bonds. The van der Waals surface area contributed by atoms with Crippen LogP contribution in [0.5, 0.6) is 5.75 Å². The highest BCUT2D eigenvalue weighted by Gasteiger charge is 2.15. The smallest absolute Gasteiger partial charge is 0.265 e. The van der Waals surface area contributed by atoms with Gasteiger partial charge in [-0.1, -0.05) is 11.6 Å². The molecular formula is C13H7ClN2O3. The van der Waals surface area contributed by atoms with Gasteiger partial charge in [0.05, 0.1) is 5.56 Å². The number of H-pyrrole nitrogens is 1. The molecule has 0 aliphatic heterocycles. The highest BCUT2D eigenvalue weighted by atomic mass is 35.5. The molecule has 0 aliphatic rings. The van der Waals surface area contributed by atoms with E-state index in [-0.39, 0.29) is 22.4 Å². The van der Waals surface area contributed by atoms with Crippen molar-refractivity contribution in [3.63, 3.8) is 0 Å². The van der Waals surface area contributed by atoms with Crippen LogP contribution >= 0.6 is 11.6 Å². The number of phenols is 1. The number of nitrogens with zero attached hydrogens (tertiary/aromatic N) is 1. The van der Waals surface area contributed by atoms with E-state index in [1.165, 1.54) is 30.5 Å². The average molecular weight is 275 g/mol. The minimum Gasteiger partial charge on any atom is -0.507 e. The minimum absolute atomic E-state index is 0.00318. The SMILES string of the molecule is N#Cc1cc(C(=O)c2cc(Cl)ccc2O)c[nH]c1=O. The summed E-state index contributed by atoms with van der Waals surface area (Å²) in [4.78, 5) is 25.7. The molecule has 94 valence electrons. The zero-order valence-electron chi connectivity index (χ0n) is 9.48. The van der Waals surface area contributed by atoms with Gasteiger partial charge < -0.3 is 10.1 Å². The van der Waals surface area contributed by atoms with Gasteiger partial charge in [-0.05, 0) is 24.3 Å². The van der Waals surface area contributed by atoms with Gasteiger partial charge in [0, 0.05) is 16.8 Å². The number of carbonyl (C=O) groups excluding carboxylic acids is 1. The molecule has 0 radical (unpaired) electrons. The van der Waals surface area contributed by atoms with Crippen molar-refractivity contribution in [1.29, 1.82) is 5.26 Å². The van der Waals surface area contributed by atoms with Gasteiger partial charge in [-0.3, -0.25) is 9.59 Å². The van der Waals surface area contributed by atoms with E-state index in [1.54, 1.807) is 6.07 Å². The van der Waals surface area contributed by atoms with Crippen molar-refractivity contribution >= 4 is 17.4 Å². The molecule has 0 fully saturated rings. The summed E-state index contributed by atoms with van der Waals surface area (Å²) in [6.45, 7) is 0. The van der Waals surface area contributed by atoms with E-state index >= 15 is 0 Å². The Balaban J connectivity index is 2.54. The zero-order valence-corrected chi connectivity index (χ0v) is 10.2. The van der Waals surface area contributed by atoms with Crippen LogP contribution in [0.2, 0.25) is 5.02 Å². The molecule has 0 bridgehead atoms. The van der Waals surface area contributed by atoms with Crippen LogP contribution in [0.1, 0.15) is 21.5 Å². The Kier molecular flexibility index (Phi) is 3.36. The van der Waals surface area contributed by atoms with E-state index in [2.05, 4.69) is 4.98 Å². The summed E-state index contributed by atoms with van der Waals surface area (Å²) in [6, 6.07) is 6.91. The quantitative estimate of drug-likeness (QED) is 0.817. The number of ketones is 1. The summed E-state index contributed by atoms with van der Waals surface area (Å²) in [5.41, 5.74) is -0.654. The lowest BCUT2D eigenvalue weighted by Crippen LogP contribution is -2.13.